The number of anilines is 1. The average Bonchev–Trinajstić information content (AvgIpc) is 3.34. The van der Waals surface area contributed by atoms with Gasteiger partial charge in [0.1, 0.15) is 5.52 Å². The van der Waals surface area contributed by atoms with E-state index in [0.717, 1.165) is 47.1 Å². The molecule has 0 spiro atoms. The normalized spacial score (nSPS) is 14.6. The number of fused-ring (bicyclic) bond motifs is 4. The summed E-state index contributed by atoms with van der Waals surface area (Å²) in [6.07, 6.45) is 5.13. The first-order chi connectivity index (χ1) is 15.2. The first-order valence-electron chi connectivity index (χ1n) is 10.8. The Bertz CT molecular complexity index is 1240. The molecule has 3 heterocycles. The third kappa shape index (κ3) is 3.80. The molecule has 5 rings (SSSR count). The van der Waals surface area contributed by atoms with Crippen LogP contribution in [0.2, 0.25) is 0 Å². The minimum atomic E-state index is -0.306. The molecule has 0 bridgehead atoms. The third-order valence-corrected chi connectivity index (χ3v) is 7.95. The summed E-state index contributed by atoms with van der Waals surface area (Å²) >= 11 is 2.97. The molecule has 0 fully saturated rings. The SMILES string of the molecule is CC[C@H](Sc1nnc2c3ccccc3n(CC)c2n1)C(=O)Nc1nc2c(s1)CCCC2. The van der Waals surface area contributed by atoms with Crippen LogP contribution in [0.15, 0.2) is 29.4 Å². The molecule has 7 nitrogen and oxygen atoms in total. The Hall–Kier alpha value is -2.52. The second kappa shape index (κ2) is 8.55. The van der Waals surface area contributed by atoms with Gasteiger partial charge in [-0.05, 0) is 45.1 Å². The molecular weight excluding hydrogens is 428 g/mol. The number of hydrogen-bond acceptors (Lipinski definition) is 7. The van der Waals surface area contributed by atoms with Crippen molar-refractivity contribution in [2.75, 3.05) is 5.32 Å². The van der Waals surface area contributed by atoms with Crippen molar-refractivity contribution < 1.29 is 4.79 Å². The van der Waals surface area contributed by atoms with Crippen LogP contribution in [0.4, 0.5) is 5.13 Å². The molecule has 0 unspecified atom stereocenters. The fraction of sp³-hybridized carbons (Fsp3) is 0.409. The van der Waals surface area contributed by atoms with E-state index in [2.05, 4.69) is 38.1 Å². The lowest BCUT2D eigenvalue weighted by Crippen LogP contribution is -2.24. The van der Waals surface area contributed by atoms with Crippen molar-refractivity contribution in [1.82, 2.24) is 24.7 Å². The molecule has 160 valence electrons. The van der Waals surface area contributed by atoms with Crippen LogP contribution in [0, 0.1) is 0 Å². The lowest BCUT2D eigenvalue weighted by molar-refractivity contribution is -0.115. The van der Waals surface area contributed by atoms with E-state index in [4.69, 9.17) is 4.98 Å². The second-order valence-electron chi connectivity index (χ2n) is 7.63. The van der Waals surface area contributed by atoms with Crippen LogP contribution in [0.3, 0.4) is 0 Å². The molecule has 1 aromatic carbocycles. The molecule has 9 heteroatoms. The van der Waals surface area contributed by atoms with Crippen LogP contribution in [0.5, 0.6) is 0 Å². The minimum absolute atomic E-state index is 0.0571. The Kier molecular flexibility index (Phi) is 5.62. The maximum atomic E-state index is 12.9. The quantitative estimate of drug-likeness (QED) is 0.421. The number of nitrogens with one attached hydrogen (secondary N) is 1. The van der Waals surface area contributed by atoms with Crippen LogP contribution >= 0.6 is 23.1 Å². The number of thiazole rings is 1. The zero-order valence-corrected chi connectivity index (χ0v) is 19.2. The van der Waals surface area contributed by atoms with Gasteiger partial charge in [0, 0.05) is 16.8 Å². The van der Waals surface area contributed by atoms with Gasteiger partial charge in [0.05, 0.1) is 16.5 Å². The molecule has 1 aliphatic carbocycles. The number of hydrogen-bond donors (Lipinski definition) is 1. The lowest BCUT2D eigenvalue weighted by atomic mass is 10.0. The number of para-hydroxylation sites is 1. The van der Waals surface area contributed by atoms with Crippen molar-refractivity contribution in [2.45, 2.75) is 62.9 Å². The second-order valence-corrected chi connectivity index (χ2v) is 9.88. The van der Waals surface area contributed by atoms with E-state index < -0.39 is 0 Å². The van der Waals surface area contributed by atoms with Gasteiger partial charge in [-0.2, -0.15) is 0 Å². The Labute approximate surface area is 188 Å². The topological polar surface area (TPSA) is 85.6 Å². The summed E-state index contributed by atoms with van der Waals surface area (Å²) in [5, 5.41) is 13.8. The number of benzene rings is 1. The zero-order valence-electron chi connectivity index (χ0n) is 17.6. The Morgan fingerprint density at radius 2 is 2.03 bits per heavy atom. The van der Waals surface area contributed by atoms with Crippen LogP contribution < -0.4 is 5.32 Å². The number of nitrogens with zero attached hydrogens (tertiary/aromatic N) is 5. The highest BCUT2D eigenvalue weighted by Crippen LogP contribution is 2.32. The van der Waals surface area contributed by atoms with Crippen molar-refractivity contribution in [3.8, 4) is 0 Å². The van der Waals surface area contributed by atoms with Gasteiger partial charge in [-0.1, -0.05) is 36.9 Å². The van der Waals surface area contributed by atoms with E-state index in [1.807, 2.05) is 25.1 Å². The van der Waals surface area contributed by atoms with E-state index >= 15 is 0 Å². The largest absolute Gasteiger partial charge is 0.324 e. The van der Waals surface area contributed by atoms with Crippen molar-refractivity contribution >= 4 is 56.2 Å². The maximum absolute atomic E-state index is 12.9. The summed E-state index contributed by atoms with van der Waals surface area (Å²) < 4.78 is 2.14. The van der Waals surface area contributed by atoms with Gasteiger partial charge in [-0.3, -0.25) is 4.79 Å². The standard InChI is InChI=1S/C22H24N6OS2/c1-3-16(20(29)25-21-23-14-10-6-8-12-17(14)31-21)30-22-24-19-18(26-27-22)13-9-5-7-11-15(13)28(19)4-2/h5,7,9,11,16H,3-4,6,8,10,12H2,1-2H3,(H,23,25,29)/t16-/m0/s1. The molecule has 3 aromatic heterocycles. The number of carbonyl (C=O) groups excluding carboxylic acids is 1. The Balaban J connectivity index is 1.38. The van der Waals surface area contributed by atoms with Gasteiger partial charge in [0.15, 0.2) is 10.8 Å². The highest BCUT2D eigenvalue weighted by Gasteiger charge is 2.23. The molecule has 1 N–H and O–H groups in total. The summed E-state index contributed by atoms with van der Waals surface area (Å²) in [6, 6.07) is 8.14. The molecular formula is C22H24N6OS2. The zero-order chi connectivity index (χ0) is 21.4. The number of carbonyl (C=O) groups is 1. The summed E-state index contributed by atoms with van der Waals surface area (Å²) in [5.74, 6) is -0.0571. The van der Waals surface area contributed by atoms with Crippen molar-refractivity contribution in [1.29, 1.82) is 0 Å². The smallest absolute Gasteiger partial charge is 0.239 e. The Morgan fingerprint density at radius 1 is 1.19 bits per heavy atom. The molecule has 1 aliphatic rings. The predicted octanol–water partition coefficient (Wildman–Crippen LogP) is 4.84. The van der Waals surface area contributed by atoms with E-state index in [0.29, 0.717) is 16.7 Å². The van der Waals surface area contributed by atoms with E-state index in [1.165, 1.54) is 29.5 Å². The molecule has 4 aromatic rings. The number of rotatable bonds is 6. The van der Waals surface area contributed by atoms with Gasteiger partial charge in [0.25, 0.3) is 0 Å². The monoisotopic (exact) mass is 452 g/mol. The van der Waals surface area contributed by atoms with Gasteiger partial charge in [-0.25, -0.2) is 9.97 Å². The highest BCUT2D eigenvalue weighted by molar-refractivity contribution is 8.00. The minimum Gasteiger partial charge on any atom is -0.324 e. The van der Waals surface area contributed by atoms with Gasteiger partial charge in [-0.15, -0.1) is 21.5 Å². The molecule has 0 saturated heterocycles. The lowest BCUT2D eigenvalue weighted by Gasteiger charge is -2.12. The molecule has 0 saturated carbocycles. The van der Waals surface area contributed by atoms with E-state index in [1.54, 1.807) is 11.3 Å². The van der Waals surface area contributed by atoms with Crippen molar-refractivity contribution in [3.63, 3.8) is 0 Å². The van der Waals surface area contributed by atoms with Gasteiger partial charge >= 0.3 is 0 Å². The third-order valence-electron chi connectivity index (χ3n) is 5.66. The number of aryl methyl sites for hydroxylation is 3. The summed E-state index contributed by atoms with van der Waals surface area (Å²) in [7, 11) is 0. The van der Waals surface area contributed by atoms with Crippen molar-refractivity contribution in [2.24, 2.45) is 0 Å². The van der Waals surface area contributed by atoms with Gasteiger partial charge in [0.2, 0.25) is 11.1 Å². The molecule has 0 radical (unpaired) electrons. The number of amides is 1. The van der Waals surface area contributed by atoms with Crippen molar-refractivity contribution in [3.05, 3.63) is 34.8 Å². The van der Waals surface area contributed by atoms with E-state index in [9.17, 15) is 4.79 Å². The van der Waals surface area contributed by atoms with Crippen LogP contribution in [-0.2, 0) is 24.2 Å². The van der Waals surface area contributed by atoms with Crippen LogP contribution in [-0.4, -0.2) is 35.9 Å². The number of thioether (sulfide) groups is 1. The first-order valence-corrected chi connectivity index (χ1v) is 12.4. The average molecular weight is 453 g/mol. The first kappa shape index (κ1) is 20.4. The van der Waals surface area contributed by atoms with E-state index in [-0.39, 0.29) is 11.2 Å². The highest BCUT2D eigenvalue weighted by atomic mass is 32.2. The summed E-state index contributed by atoms with van der Waals surface area (Å²) in [5.41, 5.74) is 3.86. The maximum Gasteiger partial charge on any atom is 0.239 e. The summed E-state index contributed by atoms with van der Waals surface area (Å²) in [6.45, 7) is 4.88. The molecule has 0 aliphatic heterocycles. The fourth-order valence-corrected chi connectivity index (χ4v) is 5.97. The Morgan fingerprint density at radius 3 is 2.84 bits per heavy atom. The molecule has 1 amide bonds. The van der Waals surface area contributed by atoms with Gasteiger partial charge < -0.3 is 9.88 Å². The summed E-state index contributed by atoms with van der Waals surface area (Å²) in [4.78, 5) is 23.7. The molecule has 1 atom stereocenters. The van der Waals surface area contributed by atoms with Crippen LogP contribution in [0.1, 0.15) is 43.7 Å². The molecule has 31 heavy (non-hydrogen) atoms. The fourth-order valence-electron chi connectivity index (χ4n) is 4.10. The van der Waals surface area contributed by atoms with Crippen LogP contribution in [0.25, 0.3) is 22.1 Å². The predicted molar refractivity (Wildman–Crippen MR) is 126 cm³/mol. The number of aromatic nitrogens is 5.